The van der Waals surface area contributed by atoms with E-state index in [1.807, 2.05) is 0 Å². The summed E-state index contributed by atoms with van der Waals surface area (Å²) in [5.41, 5.74) is 1.17. The highest BCUT2D eigenvalue weighted by Crippen LogP contribution is 2.22. The van der Waals surface area contributed by atoms with Gasteiger partial charge in [-0.15, -0.1) is 0 Å². The summed E-state index contributed by atoms with van der Waals surface area (Å²) in [5, 5.41) is 4.12. The number of aromatic nitrogens is 2. The first-order valence-electron chi connectivity index (χ1n) is 4.46. The Morgan fingerprint density at radius 1 is 1.40 bits per heavy atom. The highest BCUT2D eigenvalue weighted by Gasteiger charge is 2.10. The minimum atomic E-state index is -0.520. The molecule has 0 N–H and O–H groups in total. The number of aryl methyl sites for hydroxylation is 1. The van der Waals surface area contributed by atoms with Crippen LogP contribution in [0.25, 0.3) is 11.3 Å². The van der Waals surface area contributed by atoms with Gasteiger partial charge >= 0.3 is 0 Å². The molecule has 0 spiro atoms. The molecule has 0 amide bonds. The van der Waals surface area contributed by atoms with E-state index in [1.165, 1.54) is 6.07 Å². The fourth-order valence-corrected chi connectivity index (χ4v) is 1.44. The lowest BCUT2D eigenvalue weighted by atomic mass is 10.1. The molecule has 1 heterocycles. The van der Waals surface area contributed by atoms with Gasteiger partial charge in [0.25, 0.3) is 0 Å². The van der Waals surface area contributed by atoms with Gasteiger partial charge in [0.05, 0.1) is 11.3 Å². The molecule has 1 aromatic carbocycles. The Morgan fingerprint density at radius 3 is 2.80 bits per heavy atom. The highest BCUT2D eigenvalue weighted by atomic mass is 19.1. The summed E-state index contributed by atoms with van der Waals surface area (Å²) in [4.78, 5) is 10.8. The third-order valence-electron chi connectivity index (χ3n) is 2.16. The summed E-state index contributed by atoms with van der Waals surface area (Å²) >= 11 is 0. The van der Waals surface area contributed by atoms with Crippen molar-refractivity contribution in [3.63, 3.8) is 0 Å². The average molecular weight is 204 g/mol. The summed E-state index contributed by atoms with van der Waals surface area (Å²) < 4.78 is 14.9. The number of aldehydes is 1. The van der Waals surface area contributed by atoms with E-state index in [0.29, 0.717) is 17.5 Å². The van der Waals surface area contributed by atoms with Crippen molar-refractivity contribution in [2.45, 2.75) is 0 Å². The van der Waals surface area contributed by atoms with Crippen molar-refractivity contribution >= 4 is 6.29 Å². The quantitative estimate of drug-likeness (QED) is 0.701. The molecular weight excluding hydrogens is 195 g/mol. The number of nitrogens with zero attached hydrogens (tertiary/aromatic N) is 2. The Kier molecular flexibility index (Phi) is 2.33. The summed E-state index contributed by atoms with van der Waals surface area (Å²) in [5.74, 6) is -0.520. The average Bonchev–Trinajstić information content (AvgIpc) is 2.64. The standard InChI is InChI=1S/C11H9FN2O/c1-14-6-5-11(13-14)8-3-2-4-10(12)9(8)7-15/h2-7H,1H3. The lowest BCUT2D eigenvalue weighted by molar-refractivity contribution is 0.112. The molecule has 0 bridgehead atoms. The molecule has 0 saturated heterocycles. The number of carbonyl (C=O) groups excluding carboxylic acids is 1. The molecule has 0 aliphatic carbocycles. The number of carbonyl (C=O) groups is 1. The minimum absolute atomic E-state index is 0.0520. The van der Waals surface area contributed by atoms with Crippen molar-refractivity contribution in [1.29, 1.82) is 0 Å². The van der Waals surface area contributed by atoms with Crippen LogP contribution in [0.3, 0.4) is 0 Å². The largest absolute Gasteiger partial charge is 0.298 e. The van der Waals surface area contributed by atoms with Gasteiger partial charge in [-0.25, -0.2) is 4.39 Å². The first-order chi connectivity index (χ1) is 7.22. The van der Waals surface area contributed by atoms with E-state index >= 15 is 0 Å². The fourth-order valence-electron chi connectivity index (χ4n) is 1.44. The van der Waals surface area contributed by atoms with Gasteiger partial charge in [-0.05, 0) is 12.1 Å². The van der Waals surface area contributed by atoms with Gasteiger partial charge in [-0.1, -0.05) is 12.1 Å². The normalized spacial score (nSPS) is 10.3. The molecule has 0 unspecified atom stereocenters. The molecule has 2 rings (SSSR count). The van der Waals surface area contributed by atoms with Crippen molar-refractivity contribution in [2.75, 3.05) is 0 Å². The van der Waals surface area contributed by atoms with E-state index in [-0.39, 0.29) is 5.56 Å². The van der Waals surface area contributed by atoms with Gasteiger partial charge in [0, 0.05) is 18.8 Å². The van der Waals surface area contributed by atoms with E-state index in [1.54, 1.807) is 36.1 Å². The zero-order valence-corrected chi connectivity index (χ0v) is 8.14. The van der Waals surface area contributed by atoms with E-state index in [2.05, 4.69) is 5.10 Å². The molecule has 2 aromatic rings. The van der Waals surface area contributed by atoms with E-state index in [4.69, 9.17) is 0 Å². The smallest absolute Gasteiger partial charge is 0.153 e. The zero-order chi connectivity index (χ0) is 10.8. The fraction of sp³-hybridized carbons (Fsp3) is 0.0909. The highest BCUT2D eigenvalue weighted by molar-refractivity contribution is 5.86. The van der Waals surface area contributed by atoms with Crippen molar-refractivity contribution in [3.8, 4) is 11.3 Å². The lowest BCUT2D eigenvalue weighted by Crippen LogP contribution is -1.94. The molecule has 0 aliphatic heterocycles. The first-order valence-corrected chi connectivity index (χ1v) is 4.46. The van der Waals surface area contributed by atoms with Crippen molar-refractivity contribution < 1.29 is 9.18 Å². The summed E-state index contributed by atoms with van der Waals surface area (Å²) in [7, 11) is 1.77. The third-order valence-corrected chi connectivity index (χ3v) is 2.16. The van der Waals surface area contributed by atoms with E-state index in [9.17, 15) is 9.18 Å². The predicted octanol–water partition coefficient (Wildman–Crippen LogP) is 2.04. The van der Waals surface area contributed by atoms with Gasteiger partial charge in [0.15, 0.2) is 6.29 Å². The minimum Gasteiger partial charge on any atom is -0.298 e. The van der Waals surface area contributed by atoms with E-state index in [0.717, 1.165) is 0 Å². The number of hydrogen-bond donors (Lipinski definition) is 0. The maximum atomic E-state index is 13.3. The number of benzene rings is 1. The Labute approximate surface area is 86.2 Å². The lowest BCUT2D eigenvalue weighted by Gasteiger charge is -2.01. The number of hydrogen-bond acceptors (Lipinski definition) is 2. The van der Waals surface area contributed by atoms with Gasteiger partial charge in [-0.2, -0.15) is 5.10 Å². The predicted molar refractivity (Wildman–Crippen MR) is 54.0 cm³/mol. The molecule has 0 aliphatic rings. The maximum absolute atomic E-state index is 13.3. The Bertz CT molecular complexity index is 505. The van der Waals surface area contributed by atoms with Gasteiger partial charge in [0.1, 0.15) is 5.82 Å². The van der Waals surface area contributed by atoms with Crippen molar-refractivity contribution in [1.82, 2.24) is 9.78 Å². The molecular formula is C11H9FN2O. The first kappa shape index (κ1) is 9.58. The molecule has 3 nitrogen and oxygen atoms in total. The summed E-state index contributed by atoms with van der Waals surface area (Å²) in [6.45, 7) is 0. The van der Waals surface area contributed by atoms with Crippen LogP contribution in [0, 0.1) is 5.82 Å². The van der Waals surface area contributed by atoms with Crippen LogP contribution >= 0.6 is 0 Å². The van der Waals surface area contributed by atoms with Crippen LogP contribution in [0.15, 0.2) is 30.5 Å². The van der Waals surface area contributed by atoms with Crippen molar-refractivity contribution in [3.05, 3.63) is 41.8 Å². The van der Waals surface area contributed by atoms with Gasteiger partial charge in [0.2, 0.25) is 0 Å². The molecule has 0 atom stereocenters. The molecule has 0 fully saturated rings. The van der Waals surface area contributed by atoms with Crippen LogP contribution in [0.4, 0.5) is 4.39 Å². The van der Waals surface area contributed by atoms with Crippen LogP contribution in [0.5, 0.6) is 0 Å². The third kappa shape index (κ3) is 1.66. The molecule has 0 saturated carbocycles. The van der Waals surface area contributed by atoms with Crippen LogP contribution < -0.4 is 0 Å². The topological polar surface area (TPSA) is 34.9 Å². The second-order valence-electron chi connectivity index (χ2n) is 3.19. The maximum Gasteiger partial charge on any atom is 0.153 e. The SMILES string of the molecule is Cn1ccc(-c2cccc(F)c2C=O)n1. The Hall–Kier alpha value is -1.97. The number of rotatable bonds is 2. The second kappa shape index (κ2) is 3.65. The Morgan fingerprint density at radius 2 is 2.20 bits per heavy atom. The van der Waals surface area contributed by atoms with E-state index < -0.39 is 5.82 Å². The van der Waals surface area contributed by atoms with Crippen LogP contribution in [-0.4, -0.2) is 16.1 Å². The second-order valence-corrected chi connectivity index (χ2v) is 3.19. The molecule has 4 heteroatoms. The van der Waals surface area contributed by atoms with Crippen LogP contribution in [0.1, 0.15) is 10.4 Å². The van der Waals surface area contributed by atoms with Crippen molar-refractivity contribution in [2.24, 2.45) is 7.05 Å². The van der Waals surface area contributed by atoms with Gasteiger partial charge in [-0.3, -0.25) is 9.48 Å². The molecule has 0 radical (unpaired) electrons. The summed E-state index contributed by atoms with van der Waals surface area (Å²) in [6.07, 6.45) is 2.26. The number of halogens is 1. The van der Waals surface area contributed by atoms with Gasteiger partial charge < -0.3 is 0 Å². The molecule has 76 valence electrons. The van der Waals surface area contributed by atoms with Crippen LogP contribution in [0.2, 0.25) is 0 Å². The molecule has 15 heavy (non-hydrogen) atoms. The van der Waals surface area contributed by atoms with Crippen LogP contribution in [-0.2, 0) is 7.05 Å². The monoisotopic (exact) mass is 204 g/mol. The Balaban J connectivity index is 2.62. The summed E-state index contributed by atoms with van der Waals surface area (Å²) in [6, 6.07) is 6.24. The zero-order valence-electron chi connectivity index (χ0n) is 8.14. The molecule has 1 aromatic heterocycles.